The van der Waals surface area contributed by atoms with Crippen LogP contribution >= 0.6 is 11.3 Å². The van der Waals surface area contributed by atoms with E-state index >= 15 is 0 Å². The van der Waals surface area contributed by atoms with Crippen molar-refractivity contribution in [2.75, 3.05) is 31.1 Å². The van der Waals surface area contributed by atoms with Crippen molar-refractivity contribution in [3.8, 4) is 11.1 Å². The first-order valence-electron chi connectivity index (χ1n) is 12.4. The SMILES string of the molecule is NC(=O)C[C@H]1CCCN1CCOC1CC2CC1CN2c1ncnc2scc(-c3ccccc3)c12. The molecule has 2 aliphatic heterocycles. The van der Waals surface area contributed by atoms with Crippen molar-refractivity contribution >= 4 is 33.3 Å². The highest BCUT2D eigenvalue weighted by atomic mass is 32.1. The summed E-state index contributed by atoms with van der Waals surface area (Å²) in [6.45, 7) is 3.64. The van der Waals surface area contributed by atoms with Gasteiger partial charge in [0.15, 0.2) is 0 Å². The first kappa shape index (κ1) is 21.9. The Bertz CT molecular complexity index is 1170. The predicted octanol–water partition coefficient (Wildman–Crippen LogP) is 3.68. The molecule has 1 aliphatic carbocycles. The lowest BCUT2D eigenvalue weighted by atomic mass is 10.0. The molecule has 1 amide bonds. The number of primary amides is 1. The second kappa shape index (κ2) is 9.24. The number of hydrogen-bond acceptors (Lipinski definition) is 7. The summed E-state index contributed by atoms with van der Waals surface area (Å²) in [4.78, 5) is 26.6. The molecule has 2 aromatic heterocycles. The molecule has 178 valence electrons. The summed E-state index contributed by atoms with van der Waals surface area (Å²) in [7, 11) is 0. The third-order valence-electron chi connectivity index (χ3n) is 7.83. The third kappa shape index (κ3) is 4.08. The molecular formula is C26H31N5O2S. The highest BCUT2D eigenvalue weighted by Gasteiger charge is 2.46. The monoisotopic (exact) mass is 477 g/mol. The van der Waals surface area contributed by atoms with Crippen LogP contribution in [0.5, 0.6) is 0 Å². The van der Waals surface area contributed by atoms with Crippen molar-refractivity contribution in [3.05, 3.63) is 42.0 Å². The number of amides is 1. The van der Waals surface area contributed by atoms with Gasteiger partial charge in [-0.25, -0.2) is 9.97 Å². The molecule has 8 heteroatoms. The highest BCUT2D eigenvalue weighted by molar-refractivity contribution is 7.17. The lowest BCUT2D eigenvalue weighted by Gasteiger charge is -2.33. The van der Waals surface area contributed by atoms with Gasteiger partial charge in [-0.2, -0.15) is 0 Å². The zero-order chi connectivity index (χ0) is 23.1. The van der Waals surface area contributed by atoms with Crippen molar-refractivity contribution in [1.82, 2.24) is 14.9 Å². The van der Waals surface area contributed by atoms with Gasteiger partial charge >= 0.3 is 0 Å². The van der Waals surface area contributed by atoms with Gasteiger partial charge in [-0.15, -0.1) is 11.3 Å². The van der Waals surface area contributed by atoms with Crippen LogP contribution in [0.25, 0.3) is 21.3 Å². The largest absolute Gasteiger partial charge is 0.376 e. The number of benzene rings is 1. The maximum Gasteiger partial charge on any atom is 0.218 e. The van der Waals surface area contributed by atoms with Gasteiger partial charge in [-0.3, -0.25) is 9.69 Å². The Balaban J connectivity index is 1.12. The normalized spacial score (nSPS) is 26.6. The van der Waals surface area contributed by atoms with Crippen molar-refractivity contribution < 1.29 is 9.53 Å². The van der Waals surface area contributed by atoms with Gasteiger partial charge in [0.1, 0.15) is 17.0 Å². The quantitative estimate of drug-likeness (QED) is 0.533. The molecule has 4 atom stereocenters. The van der Waals surface area contributed by atoms with E-state index in [2.05, 4.69) is 50.5 Å². The minimum absolute atomic E-state index is 0.203. The van der Waals surface area contributed by atoms with Crippen LogP contribution in [-0.2, 0) is 9.53 Å². The maximum atomic E-state index is 11.3. The number of rotatable bonds is 8. The Morgan fingerprint density at radius 3 is 2.88 bits per heavy atom. The van der Waals surface area contributed by atoms with Gasteiger partial charge in [0, 0.05) is 48.5 Å². The summed E-state index contributed by atoms with van der Waals surface area (Å²) >= 11 is 1.69. The van der Waals surface area contributed by atoms with Crippen LogP contribution in [0.15, 0.2) is 42.0 Å². The van der Waals surface area contributed by atoms with E-state index in [1.165, 1.54) is 16.5 Å². The van der Waals surface area contributed by atoms with Crippen LogP contribution in [0.4, 0.5) is 5.82 Å². The van der Waals surface area contributed by atoms with Crippen LogP contribution in [0, 0.1) is 5.92 Å². The van der Waals surface area contributed by atoms with Gasteiger partial charge in [0.25, 0.3) is 0 Å². The predicted molar refractivity (Wildman–Crippen MR) is 135 cm³/mol. The van der Waals surface area contributed by atoms with Crippen LogP contribution in [0.3, 0.4) is 0 Å². The lowest BCUT2D eigenvalue weighted by Crippen LogP contribution is -2.40. The van der Waals surface area contributed by atoms with E-state index in [4.69, 9.17) is 15.5 Å². The van der Waals surface area contributed by atoms with Crippen molar-refractivity contribution in [2.45, 2.75) is 50.3 Å². The van der Waals surface area contributed by atoms with Crippen LogP contribution in [0.2, 0.25) is 0 Å². The van der Waals surface area contributed by atoms with E-state index in [9.17, 15) is 4.79 Å². The van der Waals surface area contributed by atoms with Gasteiger partial charge in [0.2, 0.25) is 5.91 Å². The molecule has 0 spiro atoms. The summed E-state index contributed by atoms with van der Waals surface area (Å²) in [5.41, 5.74) is 7.86. The van der Waals surface area contributed by atoms with Crippen LogP contribution in [0.1, 0.15) is 32.1 Å². The number of thiophene rings is 1. The first-order valence-corrected chi connectivity index (χ1v) is 13.2. The van der Waals surface area contributed by atoms with E-state index in [-0.39, 0.29) is 5.91 Å². The molecule has 3 aromatic rings. The molecule has 3 fully saturated rings. The number of carbonyl (C=O) groups is 1. The minimum Gasteiger partial charge on any atom is -0.376 e. The number of carbonyl (C=O) groups excluding carboxylic acids is 1. The van der Waals surface area contributed by atoms with E-state index < -0.39 is 0 Å². The molecule has 0 radical (unpaired) electrons. The van der Waals surface area contributed by atoms with E-state index in [0.29, 0.717) is 30.5 Å². The minimum atomic E-state index is -0.203. The summed E-state index contributed by atoms with van der Waals surface area (Å²) in [5.74, 6) is 1.40. The Kier molecular flexibility index (Phi) is 5.97. The average Bonchev–Trinajstić information content (AvgIpc) is 3.63. The first-order chi connectivity index (χ1) is 16.7. The number of aromatic nitrogens is 2. The molecular weight excluding hydrogens is 446 g/mol. The van der Waals surface area contributed by atoms with Crippen molar-refractivity contribution in [2.24, 2.45) is 11.7 Å². The Labute approximate surface area is 203 Å². The van der Waals surface area contributed by atoms with Crippen LogP contribution < -0.4 is 10.6 Å². The number of likely N-dealkylation sites (tertiary alicyclic amines) is 1. The summed E-state index contributed by atoms with van der Waals surface area (Å²) in [5, 5.41) is 3.39. The second-order valence-corrected chi connectivity index (χ2v) is 10.7. The molecule has 1 aromatic carbocycles. The molecule has 3 unspecified atom stereocenters. The van der Waals surface area contributed by atoms with E-state index in [0.717, 1.165) is 62.6 Å². The molecule has 2 bridgehead atoms. The fourth-order valence-electron chi connectivity index (χ4n) is 6.25. The maximum absolute atomic E-state index is 11.3. The summed E-state index contributed by atoms with van der Waals surface area (Å²) < 4.78 is 6.39. The number of piperidine rings is 1. The average molecular weight is 478 g/mol. The van der Waals surface area contributed by atoms with Crippen molar-refractivity contribution in [3.63, 3.8) is 0 Å². The zero-order valence-corrected chi connectivity index (χ0v) is 20.1. The zero-order valence-electron chi connectivity index (χ0n) is 19.3. The fraction of sp³-hybridized carbons (Fsp3) is 0.500. The molecule has 6 rings (SSSR count). The summed E-state index contributed by atoms with van der Waals surface area (Å²) in [6, 6.07) is 11.3. The van der Waals surface area contributed by atoms with Gasteiger partial charge in [-0.1, -0.05) is 30.3 Å². The molecule has 7 nitrogen and oxygen atoms in total. The van der Waals surface area contributed by atoms with E-state index in [1.54, 1.807) is 17.7 Å². The van der Waals surface area contributed by atoms with Gasteiger partial charge in [0.05, 0.1) is 18.1 Å². The highest BCUT2D eigenvalue weighted by Crippen LogP contribution is 2.45. The number of ether oxygens (including phenoxy) is 1. The molecule has 2 saturated heterocycles. The lowest BCUT2D eigenvalue weighted by molar-refractivity contribution is -0.119. The molecule has 3 aliphatic rings. The Morgan fingerprint density at radius 2 is 2.09 bits per heavy atom. The Hall–Kier alpha value is -2.55. The number of nitrogens with zero attached hydrogens (tertiary/aromatic N) is 4. The Morgan fingerprint density at radius 1 is 1.21 bits per heavy atom. The third-order valence-corrected chi connectivity index (χ3v) is 8.72. The molecule has 2 N–H and O–H groups in total. The molecule has 34 heavy (non-hydrogen) atoms. The standard InChI is InChI=1S/C26H31N5O2S/c27-23(32)13-19-7-4-8-30(19)9-10-33-22-12-20-11-18(22)14-31(20)25-24-21(17-5-2-1-3-6-17)15-34-26(24)29-16-28-25/h1-3,5-6,15-16,18-20,22H,4,7-14H2,(H2,27,32)/t18?,19-,20?,22?/m1/s1. The number of hydrogen-bond donors (Lipinski definition) is 1. The second-order valence-electron chi connectivity index (χ2n) is 9.84. The van der Waals surface area contributed by atoms with Gasteiger partial charge in [-0.05, 0) is 37.8 Å². The molecule has 1 saturated carbocycles. The van der Waals surface area contributed by atoms with Gasteiger partial charge < -0.3 is 15.4 Å². The van der Waals surface area contributed by atoms with Crippen LogP contribution in [-0.4, -0.2) is 65.2 Å². The summed E-state index contributed by atoms with van der Waals surface area (Å²) in [6.07, 6.45) is 6.90. The number of fused-ring (bicyclic) bond motifs is 3. The molecule has 4 heterocycles. The smallest absolute Gasteiger partial charge is 0.218 e. The topological polar surface area (TPSA) is 84.6 Å². The number of nitrogens with two attached hydrogens (primary N) is 1. The van der Waals surface area contributed by atoms with E-state index in [1.807, 2.05) is 0 Å². The van der Waals surface area contributed by atoms with Crippen molar-refractivity contribution in [1.29, 1.82) is 0 Å². The number of anilines is 1. The fourth-order valence-corrected chi connectivity index (χ4v) is 7.16.